The van der Waals surface area contributed by atoms with Crippen LogP contribution in [-0.4, -0.2) is 53.6 Å². The lowest BCUT2D eigenvalue weighted by Gasteiger charge is -2.48. The molecule has 0 aromatic carbocycles. The molecule has 1 aliphatic heterocycles. The second-order valence-electron chi connectivity index (χ2n) is 5.34. The van der Waals surface area contributed by atoms with Crippen LogP contribution in [0.5, 0.6) is 0 Å². The van der Waals surface area contributed by atoms with Gasteiger partial charge >= 0.3 is 0 Å². The van der Waals surface area contributed by atoms with E-state index in [0.717, 1.165) is 12.8 Å². The van der Waals surface area contributed by atoms with Crippen molar-refractivity contribution in [1.29, 1.82) is 0 Å². The Kier molecular flexibility index (Phi) is 4.16. The van der Waals surface area contributed by atoms with Gasteiger partial charge in [0.1, 0.15) is 0 Å². The third-order valence-corrected chi connectivity index (χ3v) is 5.05. The molecule has 0 amide bonds. The molecular formula is C11H23O3P. The smallest absolute Gasteiger partial charge is 0.0898 e. The number of hydrogen-bond acceptors (Lipinski definition) is 3. The fraction of sp³-hybridized carbons (Fsp3) is 1.00. The summed E-state index contributed by atoms with van der Waals surface area (Å²) in [6.07, 6.45) is 1.80. The molecule has 0 aromatic rings. The molecule has 1 heterocycles. The van der Waals surface area contributed by atoms with Gasteiger partial charge in [-0.3, -0.25) is 0 Å². The van der Waals surface area contributed by atoms with Gasteiger partial charge in [-0.1, -0.05) is 0 Å². The van der Waals surface area contributed by atoms with Crippen LogP contribution in [0.2, 0.25) is 0 Å². The van der Waals surface area contributed by atoms with Gasteiger partial charge in [0.15, 0.2) is 0 Å². The molecule has 4 heteroatoms. The minimum Gasteiger partial charge on any atom is -0.393 e. The van der Waals surface area contributed by atoms with Crippen molar-refractivity contribution < 1.29 is 14.9 Å². The first-order valence-electron chi connectivity index (χ1n) is 5.42. The topological polar surface area (TPSA) is 49.7 Å². The zero-order valence-electron chi connectivity index (χ0n) is 10.2. The molecule has 0 aromatic heterocycles. The number of aliphatic hydroxyl groups is 2. The summed E-state index contributed by atoms with van der Waals surface area (Å²) in [7, 11) is -0.0492. The maximum atomic E-state index is 9.38. The summed E-state index contributed by atoms with van der Waals surface area (Å²) < 4.78 is 5.85. The second kappa shape index (κ2) is 4.67. The van der Waals surface area contributed by atoms with E-state index in [1.165, 1.54) is 0 Å². The summed E-state index contributed by atoms with van der Waals surface area (Å²) in [4.78, 5) is 0. The van der Waals surface area contributed by atoms with E-state index < -0.39 is 11.2 Å². The van der Waals surface area contributed by atoms with Gasteiger partial charge in [0.05, 0.1) is 24.4 Å². The zero-order valence-corrected chi connectivity index (χ0v) is 11.1. The van der Waals surface area contributed by atoms with Crippen molar-refractivity contribution in [2.45, 2.75) is 43.6 Å². The summed E-state index contributed by atoms with van der Waals surface area (Å²) in [6.45, 7) is 8.43. The molecule has 1 rings (SSSR count). The molecule has 0 radical (unpaired) electrons. The van der Waals surface area contributed by atoms with E-state index in [1.807, 2.05) is 13.8 Å². The van der Waals surface area contributed by atoms with Crippen molar-refractivity contribution in [2.75, 3.05) is 26.5 Å². The lowest BCUT2D eigenvalue weighted by atomic mass is 9.87. The average Bonchev–Trinajstić information content (AvgIpc) is 2.17. The normalized spacial score (nSPS) is 42.2. The van der Waals surface area contributed by atoms with Gasteiger partial charge in [-0.05, 0) is 45.7 Å². The van der Waals surface area contributed by atoms with E-state index in [1.54, 1.807) is 0 Å². The van der Waals surface area contributed by atoms with Gasteiger partial charge in [-0.15, -0.1) is 7.92 Å². The van der Waals surface area contributed by atoms with Crippen molar-refractivity contribution in [2.24, 2.45) is 0 Å². The second-order valence-corrected chi connectivity index (χ2v) is 8.00. The fourth-order valence-corrected chi connectivity index (χ4v) is 3.81. The van der Waals surface area contributed by atoms with E-state index in [4.69, 9.17) is 4.74 Å². The summed E-state index contributed by atoms with van der Waals surface area (Å²) in [5, 5.41) is 18.8. The number of ether oxygens (including phenoxy) is 1. The van der Waals surface area contributed by atoms with E-state index in [0.29, 0.717) is 5.66 Å². The molecule has 1 fully saturated rings. The summed E-state index contributed by atoms with van der Waals surface area (Å²) in [5.74, 6) is 0. The minimum atomic E-state index is -0.479. The Morgan fingerprint density at radius 3 is 1.80 bits per heavy atom. The molecule has 2 N–H and O–H groups in total. The summed E-state index contributed by atoms with van der Waals surface area (Å²) >= 11 is 0. The van der Waals surface area contributed by atoms with Gasteiger partial charge in [0.25, 0.3) is 0 Å². The van der Waals surface area contributed by atoms with Gasteiger partial charge in [0.2, 0.25) is 0 Å². The van der Waals surface area contributed by atoms with Crippen LogP contribution in [0.25, 0.3) is 0 Å². The number of aliphatic hydroxyl groups excluding tert-OH is 2. The first-order chi connectivity index (χ1) is 6.84. The van der Waals surface area contributed by atoms with Gasteiger partial charge in [-0.25, -0.2) is 0 Å². The molecule has 90 valence electrons. The zero-order chi connectivity index (χ0) is 11.7. The van der Waals surface area contributed by atoms with Crippen molar-refractivity contribution in [1.82, 2.24) is 0 Å². The molecule has 1 saturated heterocycles. The van der Waals surface area contributed by atoms with E-state index in [9.17, 15) is 10.2 Å². The Balaban J connectivity index is 2.82. The summed E-state index contributed by atoms with van der Waals surface area (Å²) in [5.41, 5.74) is -0.386. The van der Waals surface area contributed by atoms with Gasteiger partial charge < -0.3 is 14.9 Å². The SMILES string of the molecule is CP(C)[C@@H]1C[C@](C)(CO)O[C@](C)(CO)C1. The highest BCUT2D eigenvalue weighted by atomic mass is 31.1. The van der Waals surface area contributed by atoms with Gasteiger partial charge in [0, 0.05) is 0 Å². The maximum Gasteiger partial charge on any atom is 0.0898 e. The van der Waals surface area contributed by atoms with Crippen LogP contribution in [0.15, 0.2) is 0 Å². The Hall–Kier alpha value is 0.310. The molecule has 0 spiro atoms. The quantitative estimate of drug-likeness (QED) is 0.726. The molecular weight excluding hydrogens is 211 g/mol. The fourth-order valence-electron chi connectivity index (χ4n) is 2.31. The molecule has 3 nitrogen and oxygen atoms in total. The van der Waals surface area contributed by atoms with Gasteiger partial charge in [-0.2, -0.15) is 0 Å². The largest absolute Gasteiger partial charge is 0.393 e. The third-order valence-electron chi connectivity index (χ3n) is 3.23. The van der Waals surface area contributed by atoms with E-state index >= 15 is 0 Å². The van der Waals surface area contributed by atoms with Crippen molar-refractivity contribution in [3.8, 4) is 0 Å². The van der Waals surface area contributed by atoms with E-state index in [-0.39, 0.29) is 21.1 Å². The Bertz CT molecular complexity index is 204. The number of rotatable bonds is 3. The average molecular weight is 234 g/mol. The predicted octanol–water partition coefficient (Wildman–Crippen LogP) is 1.41. The Labute approximate surface area is 93.6 Å². The molecule has 0 unspecified atom stereocenters. The van der Waals surface area contributed by atoms with Crippen LogP contribution in [0.4, 0.5) is 0 Å². The summed E-state index contributed by atoms with van der Waals surface area (Å²) in [6, 6.07) is 0. The lowest BCUT2D eigenvalue weighted by Crippen LogP contribution is -2.53. The first kappa shape index (κ1) is 13.4. The van der Waals surface area contributed by atoms with Crippen LogP contribution in [0.3, 0.4) is 0 Å². The highest BCUT2D eigenvalue weighted by Crippen LogP contribution is 2.47. The van der Waals surface area contributed by atoms with Crippen LogP contribution in [-0.2, 0) is 4.74 Å². The minimum absolute atomic E-state index is 0.0300. The third kappa shape index (κ3) is 3.13. The van der Waals surface area contributed by atoms with Crippen molar-refractivity contribution >= 4 is 7.92 Å². The van der Waals surface area contributed by atoms with Crippen LogP contribution in [0, 0.1) is 0 Å². The molecule has 0 aliphatic carbocycles. The highest BCUT2D eigenvalue weighted by molar-refractivity contribution is 7.56. The van der Waals surface area contributed by atoms with Crippen LogP contribution >= 0.6 is 7.92 Å². The van der Waals surface area contributed by atoms with Crippen molar-refractivity contribution in [3.05, 3.63) is 0 Å². The maximum absolute atomic E-state index is 9.38. The number of hydrogen-bond donors (Lipinski definition) is 2. The van der Waals surface area contributed by atoms with Crippen LogP contribution < -0.4 is 0 Å². The van der Waals surface area contributed by atoms with Crippen molar-refractivity contribution in [3.63, 3.8) is 0 Å². The Morgan fingerprint density at radius 2 is 1.53 bits per heavy atom. The first-order valence-corrected chi connectivity index (χ1v) is 7.73. The molecule has 15 heavy (non-hydrogen) atoms. The highest BCUT2D eigenvalue weighted by Gasteiger charge is 2.44. The van der Waals surface area contributed by atoms with E-state index in [2.05, 4.69) is 13.3 Å². The monoisotopic (exact) mass is 234 g/mol. The van der Waals surface area contributed by atoms with Crippen LogP contribution in [0.1, 0.15) is 26.7 Å². The molecule has 0 bridgehead atoms. The molecule has 1 aliphatic rings. The molecule has 3 atom stereocenters. The lowest BCUT2D eigenvalue weighted by molar-refractivity contribution is -0.201. The Morgan fingerprint density at radius 1 is 1.13 bits per heavy atom. The predicted molar refractivity (Wildman–Crippen MR) is 63.9 cm³/mol. The molecule has 0 saturated carbocycles. The standard InChI is InChI=1S/C11H23O3P/c1-10(7-12)5-9(15(3)4)6-11(2,8-13)14-10/h9,12-13H,5-8H2,1-4H3/t9-,10-,11+.